The fraction of sp³-hybridized carbons (Fsp3) is 0.0476. The number of hydrogen-bond acceptors (Lipinski definition) is 3. The van der Waals surface area contributed by atoms with Crippen LogP contribution in [0.4, 0.5) is 0 Å². The van der Waals surface area contributed by atoms with Gasteiger partial charge in [-0.3, -0.25) is 4.79 Å². The van der Waals surface area contributed by atoms with Gasteiger partial charge >= 0.3 is 0 Å². The first-order chi connectivity index (χ1) is 13.5. The van der Waals surface area contributed by atoms with Crippen LogP contribution in [0.3, 0.4) is 0 Å². The Hall–Kier alpha value is -2.34. The average molecular weight is 478 g/mol. The smallest absolute Gasteiger partial charge is 0.271 e. The molecule has 0 heterocycles. The molecule has 0 aliphatic rings. The number of hydrogen-bond donors (Lipinski definition) is 1. The summed E-state index contributed by atoms with van der Waals surface area (Å²) < 4.78 is 6.60. The third-order valence-corrected chi connectivity index (χ3v) is 4.84. The summed E-state index contributed by atoms with van der Waals surface area (Å²) in [5, 5.41) is 5.16. The van der Waals surface area contributed by atoms with Crippen LogP contribution in [0, 0.1) is 0 Å². The highest BCUT2D eigenvalue weighted by molar-refractivity contribution is 9.10. The lowest BCUT2D eigenvalue weighted by Gasteiger charge is -2.09. The maximum absolute atomic E-state index is 12.0. The first kappa shape index (κ1) is 20.4. The summed E-state index contributed by atoms with van der Waals surface area (Å²) in [5.41, 5.74) is 4.74. The molecule has 0 bridgehead atoms. The first-order valence-corrected chi connectivity index (χ1v) is 9.82. The molecule has 0 fully saturated rings. The maximum Gasteiger partial charge on any atom is 0.271 e. The zero-order chi connectivity index (χ0) is 19.9. The van der Waals surface area contributed by atoms with E-state index in [9.17, 15) is 4.79 Å². The molecule has 0 aliphatic carbocycles. The Morgan fingerprint density at radius 2 is 1.82 bits per heavy atom. The van der Waals surface area contributed by atoms with E-state index in [1.54, 1.807) is 30.5 Å². The van der Waals surface area contributed by atoms with Crippen molar-refractivity contribution in [3.8, 4) is 5.75 Å². The van der Waals surface area contributed by atoms with Crippen LogP contribution in [0.25, 0.3) is 0 Å². The number of carbonyl (C=O) groups excluding carboxylic acids is 1. The molecule has 3 rings (SSSR count). The van der Waals surface area contributed by atoms with E-state index in [1.165, 1.54) is 0 Å². The van der Waals surface area contributed by atoms with Crippen molar-refractivity contribution in [2.24, 2.45) is 5.10 Å². The molecule has 0 saturated heterocycles. The quantitative estimate of drug-likeness (QED) is 0.344. The normalized spacial score (nSPS) is 10.8. The highest BCUT2D eigenvalue weighted by Crippen LogP contribution is 2.26. The van der Waals surface area contributed by atoms with Crippen molar-refractivity contribution in [1.82, 2.24) is 5.43 Å². The predicted octanol–water partition coefficient (Wildman–Crippen LogP) is 6.10. The van der Waals surface area contributed by atoms with Crippen LogP contribution in [-0.4, -0.2) is 12.1 Å². The van der Waals surface area contributed by atoms with Gasteiger partial charge in [0.05, 0.1) is 10.7 Å². The van der Waals surface area contributed by atoms with E-state index in [-0.39, 0.29) is 5.91 Å². The summed E-state index contributed by atoms with van der Waals surface area (Å²) in [6.07, 6.45) is 1.55. The van der Waals surface area contributed by atoms with E-state index >= 15 is 0 Å². The third kappa shape index (κ3) is 5.83. The second kappa shape index (κ2) is 9.73. The number of carbonyl (C=O) groups is 1. The Bertz CT molecular complexity index is 1010. The van der Waals surface area contributed by atoms with Crippen molar-refractivity contribution < 1.29 is 9.53 Å². The zero-order valence-electron chi connectivity index (χ0n) is 14.5. The van der Waals surface area contributed by atoms with Gasteiger partial charge in [0, 0.05) is 15.6 Å². The van der Waals surface area contributed by atoms with E-state index in [0.29, 0.717) is 28.0 Å². The monoisotopic (exact) mass is 476 g/mol. The van der Waals surface area contributed by atoms with Gasteiger partial charge in [0.2, 0.25) is 0 Å². The molecule has 0 radical (unpaired) electrons. The summed E-state index contributed by atoms with van der Waals surface area (Å²) >= 11 is 15.3. The summed E-state index contributed by atoms with van der Waals surface area (Å²) in [7, 11) is 0. The Morgan fingerprint density at radius 3 is 2.54 bits per heavy atom. The third-order valence-electron chi connectivity index (χ3n) is 3.73. The summed E-state index contributed by atoms with van der Waals surface area (Å²) in [5.74, 6) is 0.371. The minimum Gasteiger partial charge on any atom is -0.488 e. The van der Waals surface area contributed by atoms with Crippen molar-refractivity contribution in [1.29, 1.82) is 0 Å². The Morgan fingerprint density at radius 1 is 1.04 bits per heavy atom. The lowest BCUT2D eigenvalue weighted by molar-refractivity contribution is 0.0955. The minimum atomic E-state index is -0.333. The lowest BCUT2D eigenvalue weighted by atomic mass is 10.2. The van der Waals surface area contributed by atoms with E-state index in [2.05, 4.69) is 26.5 Å². The van der Waals surface area contributed by atoms with Crippen LogP contribution in [0.1, 0.15) is 21.5 Å². The maximum atomic E-state index is 12.0. The molecule has 0 aromatic heterocycles. The number of halogens is 3. The summed E-state index contributed by atoms with van der Waals surface area (Å²) in [6, 6.07) is 19.7. The van der Waals surface area contributed by atoms with Crippen LogP contribution >= 0.6 is 39.1 Å². The van der Waals surface area contributed by atoms with E-state index < -0.39 is 0 Å². The summed E-state index contributed by atoms with van der Waals surface area (Å²) in [4.78, 5) is 12.0. The van der Waals surface area contributed by atoms with Gasteiger partial charge in [-0.2, -0.15) is 5.10 Å². The van der Waals surface area contributed by atoms with E-state index in [1.807, 2.05) is 42.5 Å². The topological polar surface area (TPSA) is 50.7 Å². The minimum absolute atomic E-state index is 0.333. The molecule has 7 heteroatoms. The Balaban J connectivity index is 1.58. The van der Waals surface area contributed by atoms with Crippen LogP contribution in [0.2, 0.25) is 10.0 Å². The second-order valence-electron chi connectivity index (χ2n) is 5.81. The van der Waals surface area contributed by atoms with E-state index in [4.69, 9.17) is 27.9 Å². The molecule has 0 atom stereocenters. The highest BCUT2D eigenvalue weighted by Gasteiger charge is 2.05. The standard InChI is InChI=1S/C21H15BrCl2N2O2/c22-19-10-15(12-25-26-21(27)16-2-1-3-18(24)11-16)6-9-20(19)28-13-14-4-7-17(23)8-5-14/h1-12H,13H2,(H,26,27)/b25-12-. The van der Waals surface area contributed by atoms with Crippen molar-refractivity contribution in [2.75, 3.05) is 0 Å². The van der Waals surface area contributed by atoms with Crippen molar-refractivity contribution in [3.05, 3.63) is 97.9 Å². The first-order valence-electron chi connectivity index (χ1n) is 8.27. The molecule has 1 amide bonds. The lowest BCUT2D eigenvalue weighted by Crippen LogP contribution is -2.17. The molecule has 4 nitrogen and oxygen atoms in total. The van der Waals surface area contributed by atoms with Gasteiger partial charge < -0.3 is 4.74 Å². The summed E-state index contributed by atoms with van der Waals surface area (Å²) in [6.45, 7) is 0.429. The molecule has 0 aliphatic heterocycles. The number of hydrazone groups is 1. The molecule has 3 aromatic rings. The second-order valence-corrected chi connectivity index (χ2v) is 7.54. The fourth-order valence-corrected chi connectivity index (χ4v) is 3.14. The number of rotatable bonds is 6. The SMILES string of the molecule is O=C(N/N=C\c1ccc(OCc2ccc(Cl)cc2)c(Br)c1)c1cccc(Cl)c1. The van der Waals surface area contributed by atoms with Crippen molar-refractivity contribution >= 4 is 51.3 Å². The molecular weight excluding hydrogens is 463 g/mol. The molecule has 142 valence electrons. The van der Waals surface area contributed by atoms with Crippen molar-refractivity contribution in [2.45, 2.75) is 6.61 Å². The van der Waals surface area contributed by atoms with Gasteiger partial charge in [0.15, 0.2) is 0 Å². The molecular formula is C21H15BrCl2N2O2. The largest absolute Gasteiger partial charge is 0.488 e. The Kier molecular flexibility index (Phi) is 7.09. The van der Waals surface area contributed by atoms with Crippen LogP contribution in [-0.2, 0) is 6.61 Å². The van der Waals surface area contributed by atoms with Crippen LogP contribution in [0.15, 0.2) is 76.3 Å². The van der Waals surface area contributed by atoms with Crippen LogP contribution < -0.4 is 10.2 Å². The van der Waals surface area contributed by atoms with Crippen molar-refractivity contribution in [3.63, 3.8) is 0 Å². The number of nitrogens with one attached hydrogen (secondary N) is 1. The highest BCUT2D eigenvalue weighted by atomic mass is 79.9. The number of ether oxygens (including phenoxy) is 1. The van der Waals surface area contributed by atoms with Gasteiger partial charge in [-0.1, -0.05) is 41.4 Å². The van der Waals surface area contributed by atoms with Gasteiger partial charge in [0.25, 0.3) is 5.91 Å². The molecule has 0 unspecified atom stereocenters. The molecule has 3 aromatic carbocycles. The van der Waals surface area contributed by atoms with Crippen LogP contribution in [0.5, 0.6) is 5.75 Å². The molecule has 28 heavy (non-hydrogen) atoms. The molecule has 1 N–H and O–H groups in total. The van der Waals surface area contributed by atoms with Gasteiger partial charge in [-0.25, -0.2) is 5.43 Å². The molecule has 0 spiro atoms. The number of amides is 1. The molecule has 0 saturated carbocycles. The van der Waals surface area contributed by atoms with Gasteiger partial charge in [0.1, 0.15) is 12.4 Å². The average Bonchev–Trinajstić information content (AvgIpc) is 2.68. The Labute approximate surface area is 181 Å². The fourth-order valence-electron chi connectivity index (χ4n) is 2.32. The van der Waals surface area contributed by atoms with Gasteiger partial charge in [-0.15, -0.1) is 0 Å². The predicted molar refractivity (Wildman–Crippen MR) is 116 cm³/mol. The number of nitrogens with zero attached hydrogens (tertiary/aromatic N) is 1. The van der Waals surface area contributed by atoms with Gasteiger partial charge in [-0.05, 0) is 75.6 Å². The zero-order valence-corrected chi connectivity index (χ0v) is 17.6. The number of benzene rings is 3. The van der Waals surface area contributed by atoms with E-state index in [0.717, 1.165) is 15.6 Å².